The Morgan fingerprint density at radius 3 is 2.56 bits per heavy atom. The molecule has 86 valence electrons. The van der Waals surface area contributed by atoms with Crippen molar-refractivity contribution in [3.63, 3.8) is 0 Å². The van der Waals surface area contributed by atoms with Crippen LogP contribution in [0.1, 0.15) is 43.5 Å². The molecule has 0 bridgehead atoms. The number of benzene rings is 1. The first kappa shape index (κ1) is 12.4. The van der Waals surface area contributed by atoms with Crippen LogP contribution in [0.5, 0.6) is 0 Å². The lowest BCUT2D eigenvalue weighted by atomic mass is 10.1. The van der Waals surface area contributed by atoms with Crippen LogP contribution in [0.2, 0.25) is 0 Å². The molecule has 0 aliphatic carbocycles. The maximum absolute atomic E-state index is 11.5. The van der Waals surface area contributed by atoms with Crippen LogP contribution < -0.4 is 5.32 Å². The molecule has 0 radical (unpaired) electrons. The molecule has 0 saturated carbocycles. The van der Waals surface area contributed by atoms with Crippen LogP contribution in [0.3, 0.4) is 0 Å². The molecule has 16 heavy (non-hydrogen) atoms. The van der Waals surface area contributed by atoms with E-state index < -0.39 is 0 Å². The van der Waals surface area contributed by atoms with Crippen molar-refractivity contribution in [1.82, 2.24) is 0 Å². The van der Waals surface area contributed by atoms with Gasteiger partial charge in [-0.2, -0.15) is 0 Å². The van der Waals surface area contributed by atoms with E-state index in [0.717, 1.165) is 12.8 Å². The second-order valence-corrected chi connectivity index (χ2v) is 3.75. The molecule has 1 aromatic carbocycles. The Balaban J connectivity index is 2.73. The third-order valence-corrected chi connectivity index (χ3v) is 2.34. The van der Waals surface area contributed by atoms with Crippen LogP contribution in [0.15, 0.2) is 24.3 Å². The molecule has 1 aromatic rings. The van der Waals surface area contributed by atoms with Gasteiger partial charge < -0.3 is 5.32 Å². The Kier molecular flexibility index (Phi) is 4.70. The highest BCUT2D eigenvalue weighted by atomic mass is 16.1. The molecule has 3 nitrogen and oxygen atoms in total. The Morgan fingerprint density at radius 2 is 1.94 bits per heavy atom. The van der Waals surface area contributed by atoms with E-state index in [1.165, 1.54) is 6.92 Å². The van der Waals surface area contributed by atoms with E-state index >= 15 is 0 Å². The number of hydrogen-bond acceptors (Lipinski definition) is 2. The van der Waals surface area contributed by atoms with Crippen LogP contribution in [0.25, 0.3) is 0 Å². The molecule has 1 amide bonds. The van der Waals surface area contributed by atoms with Gasteiger partial charge in [0.05, 0.1) is 5.69 Å². The molecule has 0 atom stereocenters. The SMILES string of the molecule is CCCCC(=O)Nc1ccccc1C(C)=O. The number of Topliss-reactive ketones (excluding diaryl/α,β-unsaturated/α-hetero) is 1. The zero-order valence-electron chi connectivity index (χ0n) is 9.75. The molecule has 0 heterocycles. The Morgan fingerprint density at radius 1 is 1.25 bits per heavy atom. The van der Waals surface area contributed by atoms with E-state index in [1.807, 2.05) is 13.0 Å². The van der Waals surface area contributed by atoms with E-state index in [9.17, 15) is 9.59 Å². The van der Waals surface area contributed by atoms with Crippen molar-refractivity contribution in [2.75, 3.05) is 5.32 Å². The summed E-state index contributed by atoms with van der Waals surface area (Å²) in [4.78, 5) is 22.8. The summed E-state index contributed by atoms with van der Waals surface area (Å²) in [6, 6.07) is 7.07. The van der Waals surface area contributed by atoms with Crippen LogP contribution in [-0.2, 0) is 4.79 Å². The van der Waals surface area contributed by atoms with Crippen LogP contribution >= 0.6 is 0 Å². The molecule has 1 N–H and O–H groups in total. The van der Waals surface area contributed by atoms with Gasteiger partial charge in [0.1, 0.15) is 0 Å². The number of para-hydroxylation sites is 1. The van der Waals surface area contributed by atoms with Gasteiger partial charge in [-0.05, 0) is 25.5 Å². The van der Waals surface area contributed by atoms with Crippen LogP contribution in [0.4, 0.5) is 5.69 Å². The first-order valence-electron chi connectivity index (χ1n) is 5.55. The molecule has 0 spiro atoms. The monoisotopic (exact) mass is 219 g/mol. The minimum absolute atomic E-state index is 0.0319. The van der Waals surface area contributed by atoms with Crippen LogP contribution in [-0.4, -0.2) is 11.7 Å². The highest BCUT2D eigenvalue weighted by molar-refractivity contribution is 6.03. The first-order valence-corrected chi connectivity index (χ1v) is 5.55. The normalized spacial score (nSPS) is 9.88. The number of nitrogens with one attached hydrogen (secondary N) is 1. The summed E-state index contributed by atoms with van der Waals surface area (Å²) < 4.78 is 0. The quantitative estimate of drug-likeness (QED) is 0.774. The average molecular weight is 219 g/mol. The van der Waals surface area contributed by atoms with Crippen molar-refractivity contribution in [2.45, 2.75) is 33.1 Å². The van der Waals surface area contributed by atoms with Crippen molar-refractivity contribution in [1.29, 1.82) is 0 Å². The van der Waals surface area contributed by atoms with Gasteiger partial charge in [0.15, 0.2) is 5.78 Å². The zero-order chi connectivity index (χ0) is 12.0. The van der Waals surface area contributed by atoms with E-state index in [1.54, 1.807) is 18.2 Å². The smallest absolute Gasteiger partial charge is 0.224 e. The number of carbonyl (C=O) groups is 2. The fourth-order valence-electron chi connectivity index (χ4n) is 1.45. The van der Waals surface area contributed by atoms with E-state index in [-0.39, 0.29) is 11.7 Å². The van der Waals surface area contributed by atoms with Crippen LogP contribution in [0, 0.1) is 0 Å². The maximum atomic E-state index is 11.5. The summed E-state index contributed by atoms with van der Waals surface area (Å²) in [6.07, 6.45) is 2.36. The molecule has 0 aromatic heterocycles. The van der Waals surface area contributed by atoms with Gasteiger partial charge in [0.25, 0.3) is 0 Å². The van der Waals surface area contributed by atoms with Crippen molar-refractivity contribution in [2.24, 2.45) is 0 Å². The van der Waals surface area contributed by atoms with Gasteiger partial charge in [-0.15, -0.1) is 0 Å². The molecule has 0 saturated heterocycles. The fraction of sp³-hybridized carbons (Fsp3) is 0.385. The largest absolute Gasteiger partial charge is 0.325 e. The van der Waals surface area contributed by atoms with E-state index in [4.69, 9.17) is 0 Å². The lowest BCUT2D eigenvalue weighted by Gasteiger charge is -2.08. The molecule has 1 rings (SSSR count). The summed E-state index contributed by atoms with van der Waals surface area (Å²) in [5.74, 6) is -0.0676. The molecular formula is C13H17NO2. The van der Waals surface area contributed by atoms with Gasteiger partial charge >= 0.3 is 0 Å². The summed E-state index contributed by atoms with van der Waals surface area (Å²) in [5.41, 5.74) is 1.17. The number of amides is 1. The molecule has 0 unspecified atom stereocenters. The van der Waals surface area contributed by atoms with Crippen molar-refractivity contribution in [3.8, 4) is 0 Å². The van der Waals surface area contributed by atoms with Gasteiger partial charge in [-0.25, -0.2) is 0 Å². The third-order valence-electron chi connectivity index (χ3n) is 2.34. The van der Waals surface area contributed by atoms with Crippen molar-refractivity contribution >= 4 is 17.4 Å². The predicted octanol–water partition coefficient (Wildman–Crippen LogP) is 3.02. The topological polar surface area (TPSA) is 46.2 Å². The van der Waals surface area contributed by atoms with Gasteiger partial charge in [-0.3, -0.25) is 9.59 Å². The van der Waals surface area contributed by atoms with Gasteiger partial charge in [-0.1, -0.05) is 25.5 Å². The summed E-state index contributed by atoms with van der Waals surface area (Å²) in [5, 5.41) is 2.77. The Hall–Kier alpha value is -1.64. The lowest BCUT2D eigenvalue weighted by Crippen LogP contribution is -2.13. The standard InChI is InChI=1S/C13H17NO2/c1-3-4-9-13(16)14-12-8-6-5-7-11(12)10(2)15/h5-8H,3-4,9H2,1-2H3,(H,14,16). The highest BCUT2D eigenvalue weighted by Gasteiger charge is 2.08. The third kappa shape index (κ3) is 3.50. The second-order valence-electron chi connectivity index (χ2n) is 3.75. The number of rotatable bonds is 5. The molecule has 0 aliphatic heterocycles. The highest BCUT2D eigenvalue weighted by Crippen LogP contribution is 2.15. The molecule has 0 aliphatic rings. The maximum Gasteiger partial charge on any atom is 0.224 e. The van der Waals surface area contributed by atoms with E-state index in [2.05, 4.69) is 5.32 Å². The number of unbranched alkanes of at least 4 members (excludes halogenated alkanes) is 1. The predicted molar refractivity (Wildman–Crippen MR) is 64.6 cm³/mol. The zero-order valence-corrected chi connectivity index (χ0v) is 9.75. The lowest BCUT2D eigenvalue weighted by molar-refractivity contribution is -0.116. The molecular weight excluding hydrogens is 202 g/mol. The average Bonchev–Trinajstić information content (AvgIpc) is 2.27. The Bertz CT molecular complexity index is 385. The molecule has 3 heteroatoms. The van der Waals surface area contributed by atoms with E-state index in [0.29, 0.717) is 17.7 Å². The minimum Gasteiger partial charge on any atom is -0.325 e. The Labute approximate surface area is 95.9 Å². The summed E-state index contributed by atoms with van der Waals surface area (Å²) >= 11 is 0. The number of ketones is 1. The summed E-state index contributed by atoms with van der Waals surface area (Å²) in [6.45, 7) is 3.54. The van der Waals surface area contributed by atoms with Crippen molar-refractivity contribution in [3.05, 3.63) is 29.8 Å². The number of carbonyl (C=O) groups excluding carboxylic acids is 2. The second kappa shape index (κ2) is 6.05. The number of hydrogen-bond donors (Lipinski definition) is 1. The summed E-state index contributed by atoms with van der Waals surface area (Å²) in [7, 11) is 0. The van der Waals surface area contributed by atoms with Gasteiger partial charge in [0.2, 0.25) is 5.91 Å². The molecule has 0 fully saturated rings. The van der Waals surface area contributed by atoms with Crippen molar-refractivity contribution < 1.29 is 9.59 Å². The first-order chi connectivity index (χ1) is 7.65. The van der Waals surface area contributed by atoms with Gasteiger partial charge in [0, 0.05) is 12.0 Å². The fourth-order valence-corrected chi connectivity index (χ4v) is 1.45. The minimum atomic E-state index is -0.0357. The number of anilines is 1.